The number of carbonyl (C=O) groups excluding carboxylic acids is 1. The first-order chi connectivity index (χ1) is 12.5. The molecule has 0 aliphatic carbocycles. The third-order valence-corrected chi connectivity index (χ3v) is 5.13. The second-order valence-corrected chi connectivity index (χ2v) is 7.22. The highest BCUT2D eigenvalue weighted by Crippen LogP contribution is 2.34. The average molecular weight is 356 g/mol. The average Bonchev–Trinajstić information content (AvgIpc) is 3.05. The fraction of sp³-hybridized carbons (Fsp3) is 0.526. The molecule has 26 heavy (non-hydrogen) atoms. The van der Waals surface area contributed by atoms with Crippen LogP contribution in [0.2, 0.25) is 0 Å². The van der Waals surface area contributed by atoms with Gasteiger partial charge in [0.2, 0.25) is 0 Å². The molecule has 0 saturated carbocycles. The van der Waals surface area contributed by atoms with Crippen LogP contribution in [0, 0.1) is 5.92 Å². The van der Waals surface area contributed by atoms with Crippen molar-refractivity contribution in [1.82, 2.24) is 24.6 Å². The Morgan fingerprint density at radius 1 is 1.31 bits per heavy atom. The van der Waals surface area contributed by atoms with Crippen molar-refractivity contribution in [2.45, 2.75) is 18.9 Å². The van der Waals surface area contributed by atoms with Crippen LogP contribution in [-0.2, 0) is 7.05 Å². The van der Waals surface area contributed by atoms with E-state index in [1.54, 1.807) is 25.2 Å². The quantitative estimate of drug-likeness (QED) is 0.888. The maximum atomic E-state index is 12.0. The minimum atomic E-state index is -0.0331. The molecule has 0 bridgehead atoms. The lowest BCUT2D eigenvalue weighted by Crippen LogP contribution is -2.40. The van der Waals surface area contributed by atoms with Gasteiger partial charge in [-0.25, -0.2) is 4.98 Å². The fourth-order valence-electron chi connectivity index (χ4n) is 3.73. The van der Waals surface area contributed by atoms with Gasteiger partial charge in [-0.15, -0.1) is 0 Å². The molecular formula is C19H28N6O. The van der Waals surface area contributed by atoms with Gasteiger partial charge in [0, 0.05) is 40.1 Å². The summed E-state index contributed by atoms with van der Waals surface area (Å²) in [6, 6.07) is 6.16. The van der Waals surface area contributed by atoms with Crippen LogP contribution in [0.5, 0.6) is 0 Å². The summed E-state index contributed by atoms with van der Waals surface area (Å²) in [7, 11) is 7.67. The van der Waals surface area contributed by atoms with Gasteiger partial charge in [0.15, 0.2) is 0 Å². The van der Waals surface area contributed by atoms with Crippen molar-refractivity contribution in [1.29, 1.82) is 0 Å². The number of piperidine rings is 1. The van der Waals surface area contributed by atoms with Crippen molar-refractivity contribution < 1.29 is 4.79 Å². The van der Waals surface area contributed by atoms with Crippen LogP contribution < -0.4 is 5.32 Å². The Balaban J connectivity index is 1.67. The second kappa shape index (κ2) is 7.86. The Labute approximate surface area is 155 Å². The molecule has 2 aromatic heterocycles. The third-order valence-electron chi connectivity index (χ3n) is 5.13. The topological polar surface area (TPSA) is 66.3 Å². The molecule has 3 rings (SSSR count). The minimum Gasteiger partial charge on any atom is -0.370 e. The molecular weight excluding hydrogens is 328 g/mol. The monoisotopic (exact) mass is 356 g/mol. The number of aryl methyl sites for hydroxylation is 1. The van der Waals surface area contributed by atoms with Gasteiger partial charge in [-0.3, -0.25) is 14.4 Å². The SMILES string of the molecule is CN(C)C(=O)c1ccc(NC[C@@H]2CCCN(C)[C@H]2c2ccnn2C)nc1. The highest BCUT2D eigenvalue weighted by atomic mass is 16.2. The number of carbonyl (C=O) groups is 1. The first kappa shape index (κ1) is 18.4. The zero-order valence-corrected chi connectivity index (χ0v) is 16.0. The predicted molar refractivity (Wildman–Crippen MR) is 102 cm³/mol. The van der Waals surface area contributed by atoms with Gasteiger partial charge in [-0.05, 0) is 50.6 Å². The van der Waals surface area contributed by atoms with Gasteiger partial charge >= 0.3 is 0 Å². The van der Waals surface area contributed by atoms with Gasteiger partial charge in [-0.1, -0.05) is 0 Å². The molecule has 0 aromatic carbocycles. The number of aromatic nitrogens is 3. The molecule has 2 aromatic rings. The summed E-state index contributed by atoms with van der Waals surface area (Å²) in [6.45, 7) is 1.94. The van der Waals surface area contributed by atoms with Crippen molar-refractivity contribution in [3.05, 3.63) is 41.9 Å². The summed E-state index contributed by atoms with van der Waals surface area (Å²) < 4.78 is 1.97. The van der Waals surface area contributed by atoms with Crippen LogP contribution in [0.25, 0.3) is 0 Å². The van der Waals surface area contributed by atoms with E-state index in [1.807, 2.05) is 30.1 Å². The number of hydrogen-bond acceptors (Lipinski definition) is 5. The lowest BCUT2D eigenvalue weighted by Gasteiger charge is -2.39. The molecule has 3 heterocycles. The maximum absolute atomic E-state index is 12.0. The Kier molecular flexibility index (Phi) is 5.56. The lowest BCUT2D eigenvalue weighted by molar-refractivity contribution is 0.0827. The summed E-state index contributed by atoms with van der Waals surface area (Å²) in [6.07, 6.45) is 5.87. The molecule has 1 aliphatic heterocycles. The summed E-state index contributed by atoms with van der Waals surface area (Å²) in [5, 5.41) is 7.79. The summed E-state index contributed by atoms with van der Waals surface area (Å²) in [5.74, 6) is 1.25. The molecule has 0 spiro atoms. The molecule has 0 radical (unpaired) electrons. The molecule has 1 amide bonds. The van der Waals surface area contributed by atoms with Crippen LogP contribution in [0.15, 0.2) is 30.6 Å². The summed E-state index contributed by atoms with van der Waals surface area (Å²) in [4.78, 5) is 20.3. The van der Waals surface area contributed by atoms with Crippen LogP contribution in [0.1, 0.15) is 34.9 Å². The molecule has 140 valence electrons. The summed E-state index contributed by atoms with van der Waals surface area (Å²) in [5.41, 5.74) is 1.85. The lowest BCUT2D eigenvalue weighted by atomic mass is 9.87. The zero-order chi connectivity index (χ0) is 18.7. The van der Waals surface area contributed by atoms with Crippen LogP contribution in [0.3, 0.4) is 0 Å². The molecule has 0 unspecified atom stereocenters. The van der Waals surface area contributed by atoms with Crippen molar-refractivity contribution in [2.75, 3.05) is 39.5 Å². The predicted octanol–water partition coefficient (Wildman–Crippen LogP) is 2.01. The summed E-state index contributed by atoms with van der Waals surface area (Å²) >= 11 is 0. The number of amides is 1. The number of nitrogens with one attached hydrogen (secondary N) is 1. The first-order valence-corrected chi connectivity index (χ1v) is 9.07. The molecule has 1 N–H and O–H groups in total. The van der Waals surface area contributed by atoms with Gasteiger partial charge in [-0.2, -0.15) is 5.10 Å². The molecule has 1 saturated heterocycles. The van der Waals surface area contributed by atoms with E-state index in [4.69, 9.17) is 0 Å². The van der Waals surface area contributed by atoms with E-state index in [2.05, 4.69) is 33.4 Å². The number of anilines is 1. The molecule has 7 nitrogen and oxygen atoms in total. The van der Waals surface area contributed by atoms with E-state index in [0.717, 1.165) is 18.9 Å². The minimum absolute atomic E-state index is 0.0331. The third kappa shape index (κ3) is 3.88. The van der Waals surface area contributed by atoms with E-state index in [1.165, 1.54) is 18.5 Å². The molecule has 1 aliphatic rings. The van der Waals surface area contributed by atoms with E-state index in [0.29, 0.717) is 17.5 Å². The van der Waals surface area contributed by atoms with Crippen LogP contribution in [0.4, 0.5) is 5.82 Å². The number of pyridine rings is 1. The van der Waals surface area contributed by atoms with Crippen molar-refractivity contribution in [3.8, 4) is 0 Å². The smallest absolute Gasteiger partial charge is 0.254 e. The van der Waals surface area contributed by atoms with E-state index in [9.17, 15) is 4.79 Å². The zero-order valence-electron chi connectivity index (χ0n) is 16.0. The molecule has 7 heteroatoms. The van der Waals surface area contributed by atoms with E-state index in [-0.39, 0.29) is 5.91 Å². The standard InChI is InChI=1S/C19H28N6O/c1-23(2)19(26)15-7-8-17(21-13-15)20-12-14-6-5-11-24(3)18(14)16-9-10-22-25(16)4/h7-10,13-14,18H,5-6,11-12H2,1-4H3,(H,20,21)/t14-,18+/m0/s1. The van der Waals surface area contributed by atoms with Crippen LogP contribution >= 0.6 is 0 Å². The first-order valence-electron chi connectivity index (χ1n) is 9.07. The molecule has 1 fully saturated rings. The van der Waals surface area contributed by atoms with Crippen LogP contribution in [-0.4, -0.2) is 64.7 Å². The number of likely N-dealkylation sites (tertiary alicyclic amines) is 1. The number of hydrogen-bond donors (Lipinski definition) is 1. The van der Waals surface area contributed by atoms with E-state index < -0.39 is 0 Å². The Morgan fingerprint density at radius 2 is 2.12 bits per heavy atom. The van der Waals surface area contributed by atoms with Crippen molar-refractivity contribution in [3.63, 3.8) is 0 Å². The van der Waals surface area contributed by atoms with E-state index >= 15 is 0 Å². The molecule has 2 atom stereocenters. The Morgan fingerprint density at radius 3 is 2.73 bits per heavy atom. The van der Waals surface area contributed by atoms with Gasteiger partial charge < -0.3 is 10.2 Å². The van der Waals surface area contributed by atoms with Crippen molar-refractivity contribution in [2.24, 2.45) is 13.0 Å². The fourth-order valence-corrected chi connectivity index (χ4v) is 3.73. The maximum Gasteiger partial charge on any atom is 0.254 e. The van der Waals surface area contributed by atoms with Crippen molar-refractivity contribution >= 4 is 11.7 Å². The number of rotatable bonds is 5. The second-order valence-electron chi connectivity index (χ2n) is 7.22. The van der Waals surface area contributed by atoms with Gasteiger partial charge in [0.05, 0.1) is 17.3 Å². The van der Waals surface area contributed by atoms with Gasteiger partial charge in [0.1, 0.15) is 5.82 Å². The normalized spacial score (nSPS) is 20.8. The Hall–Kier alpha value is -2.41. The Bertz CT molecular complexity index is 739. The number of nitrogens with zero attached hydrogens (tertiary/aromatic N) is 5. The highest BCUT2D eigenvalue weighted by molar-refractivity contribution is 5.93. The largest absolute Gasteiger partial charge is 0.370 e. The van der Waals surface area contributed by atoms with Gasteiger partial charge in [0.25, 0.3) is 5.91 Å². The highest BCUT2D eigenvalue weighted by Gasteiger charge is 2.32.